The zero-order valence-electron chi connectivity index (χ0n) is 7.97. The van der Waals surface area contributed by atoms with Gasteiger partial charge in [-0.25, -0.2) is 0 Å². The number of aryl methyl sites for hydroxylation is 2. The van der Waals surface area contributed by atoms with Crippen molar-refractivity contribution < 1.29 is 58.2 Å². The van der Waals surface area contributed by atoms with Gasteiger partial charge in [-0.2, -0.15) is 0 Å². The first-order valence-corrected chi connectivity index (χ1v) is 3.54. The molecule has 0 aromatic carbocycles. The van der Waals surface area contributed by atoms with E-state index in [1.807, 2.05) is 18.5 Å². The van der Waals surface area contributed by atoms with E-state index in [2.05, 4.69) is 25.0 Å². The van der Waals surface area contributed by atoms with Crippen LogP contribution in [0, 0.1) is 13.1 Å². The summed E-state index contributed by atoms with van der Waals surface area (Å²) in [6, 6.07) is 0. The van der Waals surface area contributed by atoms with Crippen LogP contribution >= 0.6 is 0 Å². The molecule has 11 heavy (non-hydrogen) atoms. The third-order valence-electron chi connectivity index (χ3n) is 1.47. The van der Waals surface area contributed by atoms with Crippen LogP contribution in [0.1, 0.15) is 31.3 Å². The van der Waals surface area contributed by atoms with Crippen LogP contribution < -0.4 is 58.2 Å². The van der Waals surface area contributed by atoms with Gasteiger partial charge in [0.05, 0.1) is 0 Å². The normalized spacial score (nSPS) is 9.91. The van der Waals surface area contributed by atoms with Crippen LogP contribution in [0.15, 0.2) is 0 Å². The Morgan fingerprint density at radius 3 is 2.18 bits per heavy atom. The van der Waals surface area contributed by atoms with Gasteiger partial charge < -0.3 is 9.55 Å². The van der Waals surface area contributed by atoms with E-state index in [4.69, 9.17) is 0 Å². The quantitative estimate of drug-likeness (QED) is 0.538. The summed E-state index contributed by atoms with van der Waals surface area (Å²) in [4.78, 5) is 4.32. The molecule has 0 saturated heterocycles. The summed E-state index contributed by atoms with van der Waals surface area (Å²) in [5, 5.41) is 0. The SMILES string of the molecule is Cc1[c-]n(C)c(C(C)C)n1.[Rb+]. The Morgan fingerprint density at radius 1 is 1.45 bits per heavy atom. The molecule has 0 fully saturated rings. The van der Waals surface area contributed by atoms with Gasteiger partial charge in [-0.15, -0.1) is 6.20 Å². The summed E-state index contributed by atoms with van der Waals surface area (Å²) in [7, 11) is 1.98. The molecule has 0 radical (unpaired) electrons. The van der Waals surface area contributed by atoms with Crippen LogP contribution in [0.25, 0.3) is 0 Å². The fourth-order valence-electron chi connectivity index (χ4n) is 1.09. The Labute approximate surface area is 117 Å². The largest absolute Gasteiger partial charge is 1.00 e. The summed E-state index contributed by atoms with van der Waals surface area (Å²) >= 11 is 0. The molecule has 0 bridgehead atoms. The predicted molar refractivity (Wildman–Crippen MR) is 40.9 cm³/mol. The van der Waals surface area contributed by atoms with Crippen LogP contribution in [0.4, 0.5) is 0 Å². The Morgan fingerprint density at radius 2 is 2.00 bits per heavy atom. The van der Waals surface area contributed by atoms with Gasteiger partial charge in [-0.3, -0.25) is 0 Å². The van der Waals surface area contributed by atoms with Gasteiger partial charge in [-0.1, -0.05) is 25.5 Å². The smallest absolute Gasteiger partial charge is 0.500 e. The monoisotopic (exact) mass is 222 g/mol. The minimum atomic E-state index is 0. The minimum Gasteiger partial charge on any atom is -0.500 e. The maximum absolute atomic E-state index is 4.32. The molecular weight excluding hydrogens is 210 g/mol. The number of hydrogen-bond donors (Lipinski definition) is 0. The van der Waals surface area contributed by atoms with E-state index < -0.39 is 0 Å². The summed E-state index contributed by atoms with van der Waals surface area (Å²) in [6.45, 7) is 6.23. The Kier molecular flexibility index (Phi) is 5.35. The van der Waals surface area contributed by atoms with Crippen molar-refractivity contribution >= 4 is 0 Å². The molecule has 0 aliphatic rings. The number of aromatic nitrogens is 2. The third-order valence-corrected chi connectivity index (χ3v) is 1.47. The molecule has 1 aromatic heterocycles. The van der Waals surface area contributed by atoms with Gasteiger partial charge in [0, 0.05) is 0 Å². The van der Waals surface area contributed by atoms with Crippen molar-refractivity contribution in [2.75, 3.05) is 0 Å². The van der Waals surface area contributed by atoms with Crippen molar-refractivity contribution in [2.24, 2.45) is 7.05 Å². The predicted octanol–water partition coefficient (Wildman–Crippen LogP) is -1.34. The van der Waals surface area contributed by atoms with Crippen LogP contribution in [-0.4, -0.2) is 9.55 Å². The minimum absolute atomic E-state index is 0. The molecule has 56 valence electrons. The summed E-state index contributed by atoms with van der Waals surface area (Å²) in [5.74, 6) is 1.60. The van der Waals surface area contributed by atoms with Gasteiger partial charge in [0.15, 0.2) is 0 Å². The summed E-state index contributed by atoms with van der Waals surface area (Å²) in [6.07, 6.45) is 3.09. The molecular formula is C8H13N2Rb. The molecule has 0 spiro atoms. The number of hydrogen-bond acceptors (Lipinski definition) is 1. The van der Waals surface area contributed by atoms with Crippen molar-refractivity contribution in [3.63, 3.8) is 0 Å². The van der Waals surface area contributed by atoms with Crippen molar-refractivity contribution in [1.29, 1.82) is 0 Å². The molecule has 0 N–H and O–H groups in total. The average Bonchev–Trinajstić information content (AvgIpc) is 2.10. The number of nitrogens with zero attached hydrogens (tertiary/aromatic N) is 2. The van der Waals surface area contributed by atoms with E-state index in [1.165, 1.54) is 0 Å². The standard InChI is InChI=1S/C8H13N2.Rb/c1-6(2)8-9-7(3)5-10(8)4;/h6H,1-4H3;/q-1;+1. The first-order valence-electron chi connectivity index (χ1n) is 3.54. The van der Waals surface area contributed by atoms with Crippen molar-refractivity contribution in [2.45, 2.75) is 26.7 Å². The van der Waals surface area contributed by atoms with Crippen molar-refractivity contribution in [3.05, 3.63) is 17.7 Å². The van der Waals surface area contributed by atoms with Crippen LogP contribution in [0.3, 0.4) is 0 Å². The first kappa shape index (κ1) is 12.0. The van der Waals surface area contributed by atoms with E-state index in [-0.39, 0.29) is 58.2 Å². The molecule has 1 aromatic rings. The molecule has 1 rings (SSSR count). The van der Waals surface area contributed by atoms with Gasteiger partial charge >= 0.3 is 58.2 Å². The van der Waals surface area contributed by atoms with E-state index in [1.54, 1.807) is 0 Å². The third kappa shape index (κ3) is 3.09. The molecule has 0 aliphatic carbocycles. The Bertz CT molecular complexity index is 228. The second kappa shape index (κ2) is 4.90. The van der Waals surface area contributed by atoms with E-state index in [0.717, 1.165) is 11.5 Å². The molecule has 0 aliphatic heterocycles. The second-order valence-corrected chi connectivity index (χ2v) is 2.88. The maximum atomic E-state index is 4.32. The molecule has 3 heteroatoms. The Hall–Kier alpha value is 1.02. The first-order chi connectivity index (χ1) is 4.61. The molecule has 0 unspecified atom stereocenters. The van der Waals surface area contributed by atoms with Gasteiger partial charge in [0.1, 0.15) is 0 Å². The topological polar surface area (TPSA) is 17.8 Å². The molecule has 1 heterocycles. The summed E-state index contributed by atoms with van der Waals surface area (Å²) < 4.78 is 1.96. The fourth-order valence-corrected chi connectivity index (χ4v) is 1.09. The second-order valence-electron chi connectivity index (χ2n) is 2.88. The molecule has 0 amide bonds. The van der Waals surface area contributed by atoms with E-state index >= 15 is 0 Å². The van der Waals surface area contributed by atoms with Gasteiger partial charge in [0.2, 0.25) is 0 Å². The van der Waals surface area contributed by atoms with Crippen molar-refractivity contribution in [1.82, 2.24) is 9.55 Å². The van der Waals surface area contributed by atoms with Crippen LogP contribution in [0.5, 0.6) is 0 Å². The zero-order chi connectivity index (χ0) is 7.72. The van der Waals surface area contributed by atoms with Crippen molar-refractivity contribution in [3.8, 4) is 0 Å². The maximum Gasteiger partial charge on any atom is 1.00 e. The van der Waals surface area contributed by atoms with E-state index in [0.29, 0.717) is 5.92 Å². The number of imidazole rings is 1. The van der Waals surface area contributed by atoms with Gasteiger partial charge in [-0.05, 0) is 19.8 Å². The molecule has 0 saturated carbocycles. The zero-order valence-corrected chi connectivity index (χ0v) is 12.9. The van der Waals surface area contributed by atoms with Crippen LogP contribution in [-0.2, 0) is 7.05 Å². The molecule has 0 atom stereocenters. The number of rotatable bonds is 1. The fraction of sp³-hybridized carbons (Fsp3) is 0.625. The molecule has 2 nitrogen and oxygen atoms in total. The van der Waals surface area contributed by atoms with Gasteiger partial charge in [0.25, 0.3) is 0 Å². The van der Waals surface area contributed by atoms with E-state index in [9.17, 15) is 0 Å². The Balaban J connectivity index is 0.000001000. The summed E-state index contributed by atoms with van der Waals surface area (Å²) in [5.41, 5.74) is 0.978. The van der Waals surface area contributed by atoms with Crippen LogP contribution in [0.2, 0.25) is 0 Å². The average molecular weight is 223 g/mol.